The van der Waals surface area contributed by atoms with Gasteiger partial charge in [0.1, 0.15) is 12.2 Å². The van der Waals surface area contributed by atoms with Gasteiger partial charge in [-0.1, -0.05) is 0 Å². The van der Waals surface area contributed by atoms with E-state index in [1.807, 2.05) is 27.7 Å². The van der Waals surface area contributed by atoms with Crippen LogP contribution in [0, 0.1) is 0 Å². The quantitative estimate of drug-likeness (QED) is 0.323. The van der Waals surface area contributed by atoms with Crippen LogP contribution in [0.15, 0.2) is 0 Å². The van der Waals surface area contributed by atoms with E-state index in [-0.39, 0.29) is 12.7 Å². The molecule has 0 heterocycles. The highest BCUT2D eigenvalue weighted by atomic mass is 17.2. The summed E-state index contributed by atoms with van der Waals surface area (Å²) in [5, 5.41) is 8.30. The standard InChI is InChI=1S/C10H21NO5/c1-5-11(6-7-14-15-8-12)9(13)16-10(2,3)4/h12H,5-8H2,1-4H3. The third-order valence-corrected chi connectivity index (χ3v) is 1.61. The Labute approximate surface area is 96.0 Å². The SMILES string of the molecule is CCN(CCOOCO)C(=O)OC(C)(C)C. The van der Waals surface area contributed by atoms with Crippen LogP contribution in [-0.4, -0.2) is 48.2 Å². The van der Waals surface area contributed by atoms with Gasteiger partial charge in [-0.25, -0.2) is 14.6 Å². The Balaban J connectivity index is 3.93. The van der Waals surface area contributed by atoms with Crippen molar-refractivity contribution in [3.05, 3.63) is 0 Å². The highest BCUT2D eigenvalue weighted by Crippen LogP contribution is 2.09. The minimum atomic E-state index is -0.507. The lowest BCUT2D eigenvalue weighted by atomic mass is 10.2. The lowest BCUT2D eigenvalue weighted by Gasteiger charge is -2.26. The van der Waals surface area contributed by atoms with Gasteiger partial charge in [0.05, 0.1) is 6.54 Å². The molecule has 1 amide bonds. The summed E-state index contributed by atoms with van der Waals surface area (Å²) < 4.78 is 5.19. The van der Waals surface area contributed by atoms with Gasteiger partial charge in [-0.2, -0.15) is 0 Å². The Morgan fingerprint density at radius 3 is 2.38 bits per heavy atom. The van der Waals surface area contributed by atoms with E-state index in [9.17, 15) is 4.79 Å². The maximum Gasteiger partial charge on any atom is 0.410 e. The lowest BCUT2D eigenvalue weighted by Crippen LogP contribution is -2.38. The number of likely N-dealkylation sites (N-methyl/N-ethyl adjacent to an activating group) is 1. The summed E-state index contributed by atoms with van der Waals surface area (Å²) in [7, 11) is 0. The molecule has 6 heteroatoms. The van der Waals surface area contributed by atoms with Crippen LogP contribution in [0.1, 0.15) is 27.7 Å². The number of hydrogen-bond donors (Lipinski definition) is 1. The molecule has 0 aromatic heterocycles. The molecule has 0 aliphatic heterocycles. The maximum atomic E-state index is 11.6. The Hall–Kier alpha value is -0.850. The van der Waals surface area contributed by atoms with Crippen LogP contribution in [0.5, 0.6) is 0 Å². The summed E-state index contributed by atoms with van der Waals surface area (Å²) in [6.07, 6.45) is -0.386. The third kappa shape index (κ3) is 7.44. The van der Waals surface area contributed by atoms with Crippen molar-refractivity contribution >= 4 is 6.09 Å². The molecule has 16 heavy (non-hydrogen) atoms. The second-order valence-electron chi connectivity index (χ2n) is 4.13. The van der Waals surface area contributed by atoms with E-state index in [0.717, 1.165) is 0 Å². The lowest BCUT2D eigenvalue weighted by molar-refractivity contribution is -0.328. The molecule has 0 saturated heterocycles. The molecule has 0 unspecified atom stereocenters. The van der Waals surface area contributed by atoms with Crippen LogP contribution in [0.4, 0.5) is 4.79 Å². The first-order valence-electron chi connectivity index (χ1n) is 5.24. The fraction of sp³-hybridized carbons (Fsp3) is 0.900. The Morgan fingerprint density at radius 2 is 1.94 bits per heavy atom. The van der Waals surface area contributed by atoms with Crippen LogP contribution in [-0.2, 0) is 14.5 Å². The fourth-order valence-electron chi connectivity index (χ4n) is 0.949. The van der Waals surface area contributed by atoms with Gasteiger partial charge in [0.2, 0.25) is 0 Å². The first-order valence-corrected chi connectivity index (χ1v) is 5.24. The molecule has 6 nitrogen and oxygen atoms in total. The topological polar surface area (TPSA) is 68.2 Å². The van der Waals surface area contributed by atoms with Crippen LogP contribution in [0.3, 0.4) is 0 Å². The summed E-state index contributed by atoms with van der Waals surface area (Å²) in [5.74, 6) is 0. The third-order valence-electron chi connectivity index (χ3n) is 1.61. The number of aliphatic hydroxyl groups excluding tert-OH is 1. The Kier molecular flexibility index (Phi) is 7.03. The molecule has 0 fully saturated rings. The second-order valence-corrected chi connectivity index (χ2v) is 4.13. The predicted molar refractivity (Wildman–Crippen MR) is 57.6 cm³/mol. The number of carbonyl (C=O) groups is 1. The van der Waals surface area contributed by atoms with Crippen LogP contribution in [0.2, 0.25) is 0 Å². The van der Waals surface area contributed by atoms with Crippen LogP contribution < -0.4 is 0 Å². The highest BCUT2D eigenvalue weighted by Gasteiger charge is 2.20. The van der Waals surface area contributed by atoms with Gasteiger partial charge in [0.25, 0.3) is 0 Å². The average Bonchev–Trinajstić information content (AvgIpc) is 2.15. The number of rotatable bonds is 6. The summed E-state index contributed by atoms with van der Waals surface area (Å²) in [6, 6.07) is 0. The number of aliphatic hydroxyl groups is 1. The van der Waals surface area contributed by atoms with E-state index >= 15 is 0 Å². The van der Waals surface area contributed by atoms with Crippen molar-refractivity contribution in [1.29, 1.82) is 0 Å². The van der Waals surface area contributed by atoms with Gasteiger partial charge in [-0.15, -0.1) is 0 Å². The van der Waals surface area contributed by atoms with Gasteiger partial charge in [0, 0.05) is 6.54 Å². The highest BCUT2D eigenvalue weighted by molar-refractivity contribution is 5.68. The molecular weight excluding hydrogens is 214 g/mol. The Bertz CT molecular complexity index is 202. The number of ether oxygens (including phenoxy) is 1. The molecule has 0 atom stereocenters. The summed E-state index contributed by atoms with van der Waals surface area (Å²) in [6.45, 7) is 7.84. The molecule has 0 saturated carbocycles. The predicted octanol–water partition coefficient (Wildman–Crippen LogP) is 1.14. The minimum absolute atomic E-state index is 0.188. The zero-order valence-corrected chi connectivity index (χ0v) is 10.4. The van der Waals surface area contributed by atoms with Crippen molar-refractivity contribution in [3.63, 3.8) is 0 Å². The van der Waals surface area contributed by atoms with Gasteiger partial charge >= 0.3 is 6.09 Å². The van der Waals surface area contributed by atoms with Crippen molar-refractivity contribution in [1.82, 2.24) is 4.90 Å². The fourth-order valence-corrected chi connectivity index (χ4v) is 0.949. The molecule has 0 radical (unpaired) electrons. The van der Waals surface area contributed by atoms with Crippen LogP contribution >= 0.6 is 0 Å². The molecule has 0 aliphatic rings. The number of amides is 1. The molecule has 0 aromatic rings. The van der Waals surface area contributed by atoms with E-state index in [1.54, 1.807) is 0 Å². The van der Waals surface area contributed by atoms with E-state index in [2.05, 4.69) is 9.78 Å². The Morgan fingerprint density at radius 1 is 1.31 bits per heavy atom. The van der Waals surface area contributed by atoms with Crippen molar-refractivity contribution in [2.24, 2.45) is 0 Å². The second kappa shape index (κ2) is 7.43. The van der Waals surface area contributed by atoms with Crippen LogP contribution in [0.25, 0.3) is 0 Å². The van der Waals surface area contributed by atoms with Gasteiger partial charge < -0.3 is 14.7 Å². The van der Waals surface area contributed by atoms with Crippen molar-refractivity contribution < 1.29 is 24.4 Å². The molecule has 0 bridgehead atoms. The number of nitrogens with zero attached hydrogens (tertiary/aromatic N) is 1. The van der Waals surface area contributed by atoms with E-state index in [4.69, 9.17) is 9.84 Å². The minimum Gasteiger partial charge on any atom is -0.444 e. The van der Waals surface area contributed by atoms with Gasteiger partial charge in [0.15, 0.2) is 6.79 Å². The van der Waals surface area contributed by atoms with Gasteiger partial charge in [-0.05, 0) is 27.7 Å². The zero-order valence-electron chi connectivity index (χ0n) is 10.4. The molecule has 0 spiro atoms. The zero-order chi connectivity index (χ0) is 12.6. The number of hydrogen-bond acceptors (Lipinski definition) is 5. The molecule has 1 N–H and O–H groups in total. The maximum absolute atomic E-state index is 11.6. The number of carbonyl (C=O) groups excluding carboxylic acids is 1. The molecule has 96 valence electrons. The molecule has 0 aliphatic carbocycles. The van der Waals surface area contributed by atoms with Crippen molar-refractivity contribution in [3.8, 4) is 0 Å². The van der Waals surface area contributed by atoms with Crippen molar-refractivity contribution in [2.75, 3.05) is 26.5 Å². The normalized spacial score (nSPS) is 11.3. The van der Waals surface area contributed by atoms with E-state index in [1.165, 1.54) is 4.90 Å². The smallest absolute Gasteiger partial charge is 0.410 e. The first-order chi connectivity index (χ1) is 7.40. The average molecular weight is 235 g/mol. The molecular formula is C10H21NO5. The summed E-state index contributed by atoms with van der Waals surface area (Å²) in [5.41, 5.74) is -0.507. The summed E-state index contributed by atoms with van der Waals surface area (Å²) in [4.78, 5) is 22.0. The monoisotopic (exact) mass is 235 g/mol. The van der Waals surface area contributed by atoms with E-state index in [0.29, 0.717) is 13.1 Å². The van der Waals surface area contributed by atoms with E-state index < -0.39 is 12.4 Å². The molecule has 0 aromatic carbocycles. The summed E-state index contributed by atoms with van der Waals surface area (Å²) >= 11 is 0. The van der Waals surface area contributed by atoms with Crippen molar-refractivity contribution in [2.45, 2.75) is 33.3 Å². The van der Waals surface area contributed by atoms with Gasteiger partial charge in [-0.3, -0.25) is 0 Å². The largest absolute Gasteiger partial charge is 0.444 e. The molecule has 0 rings (SSSR count). The first kappa shape index (κ1) is 15.2.